The number of aromatic nitrogens is 2. The largest absolute Gasteiger partial charge is 0.355 e. The molecule has 2 fully saturated rings. The van der Waals surface area contributed by atoms with Crippen LogP contribution in [0.1, 0.15) is 45.4 Å². The van der Waals surface area contributed by atoms with Crippen LogP contribution in [0.2, 0.25) is 0 Å². The third-order valence-corrected chi connectivity index (χ3v) is 8.98. The molecule has 8 nitrogen and oxygen atoms in total. The number of piperidine rings is 2. The first-order valence-electron chi connectivity index (χ1n) is 11.2. The predicted molar refractivity (Wildman–Crippen MR) is 121 cm³/mol. The Kier molecular flexibility index (Phi) is 7.20. The van der Waals surface area contributed by atoms with Crippen LogP contribution in [0.25, 0.3) is 11.0 Å². The highest BCUT2D eigenvalue weighted by Gasteiger charge is 2.34. The second-order valence-corrected chi connectivity index (χ2v) is 10.9. The van der Waals surface area contributed by atoms with Gasteiger partial charge in [-0.25, -0.2) is 8.42 Å². The third-order valence-electron chi connectivity index (χ3n) is 6.54. The molecule has 2 saturated heterocycles. The van der Waals surface area contributed by atoms with Crippen LogP contribution in [-0.4, -0.2) is 71.0 Å². The van der Waals surface area contributed by atoms with Gasteiger partial charge in [0.05, 0.1) is 17.6 Å². The fourth-order valence-corrected chi connectivity index (χ4v) is 7.06. The summed E-state index contributed by atoms with van der Waals surface area (Å²) in [6, 6.07) is 5.64. The molecule has 4 rings (SSSR count). The summed E-state index contributed by atoms with van der Waals surface area (Å²) < 4.78 is 36.3. The van der Waals surface area contributed by atoms with E-state index in [0.717, 1.165) is 31.2 Å². The van der Waals surface area contributed by atoms with E-state index >= 15 is 0 Å². The van der Waals surface area contributed by atoms with Crippen LogP contribution in [0, 0.1) is 5.92 Å². The smallest absolute Gasteiger partial charge is 0.245 e. The van der Waals surface area contributed by atoms with E-state index in [-0.39, 0.29) is 23.3 Å². The fraction of sp³-hybridized carbons (Fsp3) is 0.667. The fourth-order valence-electron chi connectivity index (χ4n) is 4.79. The highest BCUT2D eigenvalue weighted by Crippen LogP contribution is 2.28. The standard InChI is InChI=1S/C21H31N5O3S2/c1-2-17-8-3-4-12-25(17)14-11-22-21(27)16-7-6-13-26(15-16)31(28,29)19-10-5-9-18-20(19)24-30-23-18/h5,9-10,16-17H,2-4,6-8,11-15H2,1H3,(H,22,27)/t16-,17-/m1/s1. The number of fused-ring (bicyclic) bond motifs is 1. The van der Waals surface area contributed by atoms with Crippen LogP contribution < -0.4 is 5.32 Å². The molecule has 0 saturated carbocycles. The highest BCUT2D eigenvalue weighted by atomic mass is 32.2. The second kappa shape index (κ2) is 9.89. The average molecular weight is 466 g/mol. The minimum Gasteiger partial charge on any atom is -0.355 e. The SMILES string of the molecule is CC[C@@H]1CCCCN1CCNC(=O)[C@@H]1CCCN(S(=O)(=O)c2cccc3nsnc23)C1. The number of sulfonamides is 1. The molecule has 1 aromatic heterocycles. The molecule has 1 N–H and O–H groups in total. The molecule has 3 heterocycles. The van der Waals surface area contributed by atoms with Crippen LogP contribution >= 0.6 is 11.7 Å². The lowest BCUT2D eigenvalue weighted by atomic mass is 9.98. The second-order valence-electron chi connectivity index (χ2n) is 8.48. The Balaban J connectivity index is 1.36. The van der Waals surface area contributed by atoms with E-state index in [9.17, 15) is 13.2 Å². The maximum atomic E-state index is 13.3. The predicted octanol–water partition coefficient (Wildman–Crippen LogP) is 2.47. The van der Waals surface area contributed by atoms with Crippen molar-refractivity contribution in [3.8, 4) is 0 Å². The first kappa shape index (κ1) is 22.6. The molecule has 0 bridgehead atoms. The van der Waals surface area contributed by atoms with E-state index in [1.165, 1.54) is 23.6 Å². The van der Waals surface area contributed by atoms with Crippen LogP contribution in [0.5, 0.6) is 0 Å². The maximum absolute atomic E-state index is 13.3. The van der Waals surface area contributed by atoms with Gasteiger partial charge < -0.3 is 5.32 Å². The molecule has 31 heavy (non-hydrogen) atoms. The van der Waals surface area contributed by atoms with Crippen molar-refractivity contribution in [1.29, 1.82) is 0 Å². The minimum atomic E-state index is -3.72. The highest BCUT2D eigenvalue weighted by molar-refractivity contribution is 7.89. The summed E-state index contributed by atoms with van der Waals surface area (Å²) >= 11 is 1.01. The number of likely N-dealkylation sites (tertiary alicyclic amines) is 1. The lowest BCUT2D eigenvalue weighted by molar-refractivity contribution is -0.126. The molecule has 2 atom stereocenters. The Bertz CT molecular complexity index is 1010. The van der Waals surface area contributed by atoms with Gasteiger partial charge in [-0.3, -0.25) is 9.69 Å². The average Bonchev–Trinajstić information content (AvgIpc) is 3.28. The summed E-state index contributed by atoms with van der Waals surface area (Å²) in [5.74, 6) is -0.363. The first-order chi connectivity index (χ1) is 15.0. The van der Waals surface area contributed by atoms with Gasteiger partial charge in [-0.15, -0.1) is 0 Å². The molecule has 2 aliphatic heterocycles. The van der Waals surface area contributed by atoms with Gasteiger partial charge in [0.25, 0.3) is 0 Å². The van der Waals surface area contributed by atoms with E-state index in [2.05, 4.69) is 25.9 Å². The van der Waals surface area contributed by atoms with Crippen molar-refractivity contribution < 1.29 is 13.2 Å². The topological polar surface area (TPSA) is 95.5 Å². The van der Waals surface area contributed by atoms with Crippen LogP contribution in [0.4, 0.5) is 0 Å². The molecule has 0 spiro atoms. The number of nitrogens with one attached hydrogen (secondary N) is 1. The van der Waals surface area contributed by atoms with Crippen molar-refractivity contribution in [2.75, 3.05) is 32.7 Å². The normalized spacial score (nSPS) is 23.8. The summed E-state index contributed by atoms with van der Waals surface area (Å²) in [6.07, 6.45) is 6.28. The number of carbonyl (C=O) groups is 1. The molecular formula is C21H31N5O3S2. The number of rotatable bonds is 7. The molecule has 2 aromatic rings. The van der Waals surface area contributed by atoms with E-state index in [1.807, 2.05) is 0 Å². The monoisotopic (exact) mass is 465 g/mol. The third kappa shape index (κ3) is 4.92. The van der Waals surface area contributed by atoms with Crippen molar-refractivity contribution in [3.05, 3.63) is 18.2 Å². The van der Waals surface area contributed by atoms with E-state index < -0.39 is 10.0 Å². The van der Waals surface area contributed by atoms with Crippen LogP contribution in [-0.2, 0) is 14.8 Å². The zero-order chi connectivity index (χ0) is 21.8. The van der Waals surface area contributed by atoms with Crippen LogP contribution in [0.3, 0.4) is 0 Å². The molecule has 0 radical (unpaired) electrons. The number of nitrogens with zero attached hydrogens (tertiary/aromatic N) is 4. The molecular weight excluding hydrogens is 434 g/mol. The number of hydrogen-bond donors (Lipinski definition) is 1. The summed E-state index contributed by atoms with van der Waals surface area (Å²) in [5, 5.41) is 3.06. The van der Waals surface area contributed by atoms with E-state index in [4.69, 9.17) is 0 Å². The molecule has 2 aliphatic rings. The Morgan fingerprint density at radius 3 is 2.90 bits per heavy atom. The summed E-state index contributed by atoms with van der Waals surface area (Å²) in [5.41, 5.74) is 0.992. The van der Waals surface area contributed by atoms with Crippen molar-refractivity contribution >= 4 is 38.7 Å². The Labute approximate surface area is 188 Å². The first-order valence-corrected chi connectivity index (χ1v) is 13.4. The Morgan fingerprint density at radius 1 is 1.19 bits per heavy atom. The Morgan fingerprint density at radius 2 is 2.06 bits per heavy atom. The van der Waals surface area contributed by atoms with E-state index in [1.54, 1.807) is 18.2 Å². The van der Waals surface area contributed by atoms with Crippen LogP contribution in [0.15, 0.2) is 23.1 Å². The molecule has 1 aromatic carbocycles. The molecule has 0 unspecified atom stereocenters. The molecule has 0 aliphatic carbocycles. The molecule has 1 amide bonds. The lowest BCUT2D eigenvalue weighted by Crippen LogP contribution is -2.47. The van der Waals surface area contributed by atoms with Crippen molar-refractivity contribution in [1.82, 2.24) is 23.3 Å². The zero-order valence-electron chi connectivity index (χ0n) is 18.0. The summed E-state index contributed by atoms with van der Waals surface area (Å²) in [4.78, 5) is 15.5. The number of carbonyl (C=O) groups excluding carboxylic acids is 1. The number of hydrogen-bond acceptors (Lipinski definition) is 7. The Hall–Kier alpha value is -1.62. The van der Waals surface area contributed by atoms with Gasteiger partial charge in [-0.2, -0.15) is 13.1 Å². The van der Waals surface area contributed by atoms with Gasteiger partial charge in [0.15, 0.2) is 0 Å². The van der Waals surface area contributed by atoms with Gasteiger partial charge in [0, 0.05) is 32.2 Å². The van der Waals surface area contributed by atoms with Gasteiger partial charge >= 0.3 is 0 Å². The van der Waals surface area contributed by atoms with Gasteiger partial charge in [-0.1, -0.05) is 19.4 Å². The van der Waals surface area contributed by atoms with Crippen molar-refractivity contribution in [3.63, 3.8) is 0 Å². The lowest BCUT2D eigenvalue weighted by Gasteiger charge is -2.35. The molecule has 10 heteroatoms. The minimum absolute atomic E-state index is 0.0431. The summed E-state index contributed by atoms with van der Waals surface area (Å²) in [7, 11) is -3.72. The number of benzene rings is 1. The van der Waals surface area contributed by atoms with Crippen molar-refractivity contribution in [2.45, 2.75) is 56.4 Å². The quantitative estimate of drug-likeness (QED) is 0.675. The summed E-state index contributed by atoms with van der Waals surface area (Å²) in [6.45, 7) is 5.43. The number of amides is 1. The van der Waals surface area contributed by atoms with E-state index in [0.29, 0.717) is 43.0 Å². The molecule has 170 valence electrons. The van der Waals surface area contributed by atoms with Gasteiger partial charge in [-0.05, 0) is 50.8 Å². The maximum Gasteiger partial charge on any atom is 0.245 e. The van der Waals surface area contributed by atoms with Gasteiger partial charge in [0.2, 0.25) is 15.9 Å². The van der Waals surface area contributed by atoms with Gasteiger partial charge in [0.1, 0.15) is 15.9 Å². The zero-order valence-corrected chi connectivity index (χ0v) is 19.6. The van der Waals surface area contributed by atoms with Crippen molar-refractivity contribution in [2.24, 2.45) is 5.92 Å².